The zero-order valence-electron chi connectivity index (χ0n) is 22.8. The van der Waals surface area contributed by atoms with Crippen molar-refractivity contribution in [2.45, 2.75) is 20.8 Å². The first-order chi connectivity index (χ1) is 19.4. The van der Waals surface area contributed by atoms with Crippen LogP contribution in [0.2, 0.25) is 0 Å². The topological polar surface area (TPSA) is 179 Å². The molecule has 0 bridgehead atoms. The van der Waals surface area contributed by atoms with Crippen LogP contribution < -0.4 is 42.3 Å². The van der Waals surface area contributed by atoms with Gasteiger partial charge in [-0.05, 0) is 57.2 Å². The summed E-state index contributed by atoms with van der Waals surface area (Å²) in [6.45, 7) is 7.12. The van der Waals surface area contributed by atoms with Crippen LogP contribution in [0.15, 0.2) is 75.0 Å². The number of nitrogens with one attached hydrogen (secondary N) is 2. The van der Waals surface area contributed by atoms with Crippen molar-refractivity contribution in [1.29, 1.82) is 0 Å². The zero-order valence-corrected chi connectivity index (χ0v) is 22.8. The van der Waals surface area contributed by atoms with Gasteiger partial charge in [0.2, 0.25) is 0 Å². The molecule has 0 aliphatic carbocycles. The highest BCUT2D eigenvalue weighted by Gasteiger charge is 2.05. The van der Waals surface area contributed by atoms with E-state index in [-0.39, 0.29) is 5.96 Å². The maximum Gasteiger partial charge on any atom is 0.257 e. The number of guanidine groups is 1. The highest BCUT2D eigenvalue weighted by molar-refractivity contribution is 5.89. The predicted octanol–water partition coefficient (Wildman–Crippen LogP) is 3.57. The van der Waals surface area contributed by atoms with Gasteiger partial charge >= 0.3 is 0 Å². The minimum atomic E-state index is 0.138. The molecule has 12 heteroatoms. The van der Waals surface area contributed by atoms with Gasteiger partial charge < -0.3 is 31.4 Å². The standard InChI is InChI=1S/C28H35N9O3/c1-4-38-25-13-22(29)10-7-19(25)16-32-35-28(36-33-17-20-8-11-23(30)14-26(20)39-5-2)37-34-18-21-9-12-24(31)15-27(21)40-6-3/h7-18H,4-6,29-31H2,1-3H3,(H2,35,36,37)/b32-16+,33-17+,34-18+. The molecule has 0 aliphatic rings. The van der Waals surface area contributed by atoms with Crippen LogP contribution in [0.5, 0.6) is 17.2 Å². The molecule has 0 atom stereocenters. The second-order valence-electron chi connectivity index (χ2n) is 8.12. The number of nitrogen functional groups attached to an aromatic ring is 3. The molecule has 0 aliphatic heterocycles. The monoisotopic (exact) mass is 545 g/mol. The number of benzene rings is 3. The van der Waals surface area contributed by atoms with E-state index in [1.54, 1.807) is 73.2 Å². The number of hydrogen-bond acceptors (Lipinski definition) is 10. The number of nitrogens with two attached hydrogens (primary N) is 3. The molecule has 0 saturated heterocycles. The lowest BCUT2D eigenvalue weighted by Gasteiger charge is -2.09. The van der Waals surface area contributed by atoms with Crippen LogP contribution in [-0.4, -0.2) is 44.4 Å². The van der Waals surface area contributed by atoms with Gasteiger partial charge in [0.25, 0.3) is 5.96 Å². The average Bonchev–Trinajstić information content (AvgIpc) is 2.92. The summed E-state index contributed by atoms with van der Waals surface area (Å²) in [5, 5.41) is 16.9. The molecule has 0 aromatic heterocycles. The lowest BCUT2D eigenvalue weighted by Crippen LogP contribution is -2.30. The first-order valence-corrected chi connectivity index (χ1v) is 12.7. The molecule has 210 valence electrons. The number of hydrogen-bond donors (Lipinski definition) is 5. The van der Waals surface area contributed by atoms with Crippen LogP contribution in [0.4, 0.5) is 17.1 Å². The highest BCUT2D eigenvalue weighted by Crippen LogP contribution is 2.22. The van der Waals surface area contributed by atoms with Crippen molar-refractivity contribution in [1.82, 2.24) is 10.9 Å². The number of hydrazone groups is 2. The molecule has 0 heterocycles. The molecule has 0 spiro atoms. The van der Waals surface area contributed by atoms with Gasteiger partial charge in [-0.25, -0.2) is 10.9 Å². The summed E-state index contributed by atoms with van der Waals surface area (Å²) in [5.74, 6) is 1.95. The molecule has 8 N–H and O–H groups in total. The molecular formula is C28H35N9O3. The molecule has 0 saturated carbocycles. The molecule has 0 amide bonds. The SMILES string of the molecule is CCOc1cc(N)ccc1/C=N/N=C(N/N=C/c1ccc(N)cc1OCC)N/N=C/c1ccc(N)cc1OCC. The fourth-order valence-electron chi connectivity index (χ4n) is 3.36. The van der Waals surface area contributed by atoms with Crippen molar-refractivity contribution in [2.75, 3.05) is 37.0 Å². The van der Waals surface area contributed by atoms with Gasteiger partial charge in [-0.15, -0.1) is 5.10 Å². The molecule has 3 aromatic carbocycles. The Morgan fingerprint density at radius 2 is 1.00 bits per heavy atom. The maximum atomic E-state index is 5.88. The fourth-order valence-corrected chi connectivity index (χ4v) is 3.36. The first-order valence-electron chi connectivity index (χ1n) is 12.7. The summed E-state index contributed by atoms with van der Waals surface area (Å²) in [6, 6.07) is 15.9. The van der Waals surface area contributed by atoms with Gasteiger partial charge in [-0.3, -0.25) is 0 Å². The van der Waals surface area contributed by atoms with Crippen LogP contribution in [0.1, 0.15) is 37.5 Å². The van der Waals surface area contributed by atoms with Gasteiger partial charge in [0, 0.05) is 52.0 Å². The number of nitrogens with zero attached hydrogens (tertiary/aromatic N) is 4. The van der Waals surface area contributed by atoms with Crippen molar-refractivity contribution in [2.24, 2.45) is 20.4 Å². The Hall–Kier alpha value is -5.26. The highest BCUT2D eigenvalue weighted by atomic mass is 16.5. The summed E-state index contributed by atoms with van der Waals surface area (Å²) in [6.07, 6.45) is 4.70. The van der Waals surface area contributed by atoms with Gasteiger partial charge in [-0.1, -0.05) is 0 Å². The normalized spacial score (nSPS) is 11.2. The average molecular weight is 546 g/mol. The summed E-state index contributed by atoms with van der Waals surface area (Å²) >= 11 is 0. The van der Waals surface area contributed by atoms with Crippen LogP contribution in [0.3, 0.4) is 0 Å². The quantitative estimate of drug-likeness (QED) is 0.0991. The van der Waals surface area contributed by atoms with Crippen molar-refractivity contribution in [3.63, 3.8) is 0 Å². The third-order valence-electron chi connectivity index (χ3n) is 5.12. The van der Waals surface area contributed by atoms with E-state index < -0.39 is 0 Å². The summed E-state index contributed by atoms with van der Waals surface area (Å²) in [4.78, 5) is 0. The van der Waals surface area contributed by atoms with E-state index >= 15 is 0 Å². The van der Waals surface area contributed by atoms with Gasteiger partial charge in [0.05, 0.1) is 38.5 Å². The van der Waals surface area contributed by atoms with Gasteiger partial charge in [0.1, 0.15) is 17.2 Å². The molecule has 3 rings (SSSR count). The second kappa shape index (κ2) is 15.2. The van der Waals surface area contributed by atoms with Crippen LogP contribution in [-0.2, 0) is 0 Å². The molecule has 0 fully saturated rings. The Bertz CT molecular complexity index is 1320. The lowest BCUT2D eigenvalue weighted by molar-refractivity contribution is 0.340. The van der Waals surface area contributed by atoms with Crippen molar-refractivity contribution in [3.05, 3.63) is 71.3 Å². The van der Waals surface area contributed by atoms with Crippen molar-refractivity contribution >= 4 is 41.7 Å². The van der Waals surface area contributed by atoms with Crippen molar-refractivity contribution < 1.29 is 14.2 Å². The van der Waals surface area contributed by atoms with E-state index in [1.807, 2.05) is 20.8 Å². The number of rotatable bonds is 12. The molecule has 40 heavy (non-hydrogen) atoms. The summed E-state index contributed by atoms with van der Waals surface area (Å²) in [5.41, 5.74) is 27.2. The minimum Gasteiger partial charge on any atom is -0.493 e. The smallest absolute Gasteiger partial charge is 0.257 e. The maximum absolute atomic E-state index is 5.88. The number of anilines is 3. The van der Waals surface area contributed by atoms with Gasteiger partial charge in [-0.2, -0.15) is 15.3 Å². The lowest BCUT2D eigenvalue weighted by atomic mass is 10.2. The second-order valence-corrected chi connectivity index (χ2v) is 8.12. The minimum absolute atomic E-state index is 0.138. The zero-order chi connectivity index (χ0) is 28.7. The van der Waals surface area contributed by atoms with Gasteiger partial charge in [0.15, 0.2) is 0 Å². The molecule has 3 aromatic rings. The van der Waals surface area contributed by atoms with Crippen LogP contribution in [0.25, 0.3) is 0 Å². The van der Waals surface area contributed by atoms with E-state index in [4.69, 9.17) is 31.4 Å². The number of ether oxygens (including phenoxy) is 3. The first kappa shape index (κ1) is 29.3. The summed E-state index contributed by atoms with van der Waals surface area (Å²) < 4.78 is 16.9. The summed E-state index contributed by atoms with van der Waals surface area (Å²) in [7, 11) is 0. The third-order valence-corrected chi connectivity index (χ3v) is 5.12. The Balaban J connectivity index is 1.84. The Morgan fingerprint density at radius 3 is 1.38 bits per heavy atom. The van der Waals surface area contributed by atoms with Crippen LogP contribution >= 0.6 is 0 Å². The van der Waals surface area contributed by atoms with Crippen LogP contribution in [0, 0.1) is 0 Å². The fraction of sp³-hybridized carbons (Fsp3) is 0.214. The third kappa shape index (κ3) is 8.94. The van der Waals surface area contributed by atoms with E-state index in [1.165, 1.54) is 0 Å². The molecule has 12 nitrogen and oxygen atoms in total. The van der Waals surface area contributed by atoms with E-state index in [0.29, 0.717) is 59.7 Å². The Kier molecular flexibility index (Phi) is 11.2. The van der Waals surface area contributed by atoms with Crippen molar-refractivity contribution in [3.8, 4) is 17.2 Å². The Labute approximate surface area is 233 Å². The molecule has 0 unspecified atom stereocenters. The van der Waals surface area contributed by atoms with E-state index in [9.17, 15) is 0 Å². The molecular weight excluding hydrogens is 510 g/mol. The van der Waals surface area contributed by atoms with E-state index in [0.717, 1.165) is 11.1 Å². The molecule has 0 radical (unpaired) electrons. The predicted molar refractivity (Wildman–Crippen MR) is 163 cm³/mol. The van der Waals surface area contributed by atoms with E-state index in [2.05, 4.69) is 31.3 Å². The Morgan fingerprint density at radius 1 is 0.625 bits per heavy atom. The largest absolute Gasteiger partial charge is 0.493 e.